The van der Waals surface area contributed by atoms with E-state index in [1.807, 2.05) is 19.1 Å². The molecule has 1 amide bonds. The van der Waals surface area contributed by atoms with E-state index in [1.54, 1.807) is 30.3 Å². The number of aromatic nitrogens is 2. The third-order valence-corrected chi connectivity index (χ3v) is 4.56. The molecule has 1 heterocycles. The van der Waals surface area contributed by atoms with Gasteiger partial charge in [0.1, 0.15) is 5.82 Å². The molecule has 0 atom stereocenters. The van der Waals surface area contributed by atoms with Crippen molar-refractivity contribution in [3.63, 3.8) is 0 Å². The molecule has 8 heteroatoms. The smallest absolute Gasteiger partial charge is 0.297 e. The zero-order valence-electron chi connectivity index (χ0n) is 13.8. The summed E-state index contributed by atoms with van der Waals surface area (Å²) < 4.78 is 26.9. The quantitative estimate of drug-likeness (QED) is 0.628. The van der Waals surface area contributed by atoms with E-state index in [0.717, 1.165) is 10.0 Å². The summed E-state index contributed by atoms with van der Waals surface area (Å²) in [6.45, 7) is 1.80. The van der Waals surface area contributed by atoms with Crippen LogP contribution in [0.4, 0.5) is 20.3 Å². The molecular weight excluding hydrogens is 406 g/mol. The molecule has 0 bridgehead atoms. The zero-order chi connectivity index (χ0) is 18.7. The Morgan fingerprint density at radius 2 is 1.96 bits per heavy atom. The molecule has 5 nitrogen and oxygen atoms in total. The van der Waals surface area contributed by atoms with Crippen LogP contribution in [-0.4, -0.2) is 22.4 Å². The second-order valence-corrected chi connectivity index (χ2v) is 6.47. The number of fused-ring (bicyclic) bond motifs is 1. The number of anilines is 2. The number of hydrogen-bond acceptors (Lipinski definition) is 4. The van der Waals surface area contributed by atoms with Crippen molar-refractivity contribution < 1.29 is 13.6 Å². The van der Waals surface area contributed by atoms with Crippen molar-refractivity contribution in [1.82, 2.24) is 9.97 Å². The molecule has 3 aromatic rings. The van der Waals surface area contributed by atoms with Crippen LogP contribution in [0.15, 0.2) is 46.9 Å². The molecule has 0 spiro atoms. The third-order valence-electron chi connectivity index (χ3n) is 3.67. The molecule has 0 saturated heterocycles. The molecule has 26 heavy (non-hydrogen) atoms. The molecule has 3 rings (SSSR count). The number of aryl methyl sites for hydroxylation is 1. The van der Waals surface area contributed by atoms with Gasteiger partial charge in [-0.15, -0.1) is 0 Å². The number of hydrogen-bond donors (Lipinski definition) is 2. The maximum atomic E-state index is 13.0. The van der Waals surface area contributed by atoms with E-state index in [1.165, 1.54) is 0 Å². The van der Waals surface area contributed by atoms with Gasteiger partial charge in [0.2, 0.25) is 5.91 Å². The van der Waals surface area contributed by atoms with Gasteiger partial charge in [-0.25, -0.2) is 18.7 Å². The lowest BCUT2D eigenvalue weighted by Crippen LogP contribution is -2.22. The fourth-order valence-corrected chi connectivity index (χ4v) is 2.67. The number of amides is 1. The first-order valence-corrected chi connectivity index (χ1v) is 8.58. The Labute approximate surface area is 157 Å². The normalized spacial score (nSPS) is 11.0. The molecular formula is C18H15BrF2N4O. The topological polar surface area (TPSA) is 66.9 Å². The van der Waals surface area contributed by atoms with Crippen molar-refractivity contribution in [2.45, 2.75) is 13.3 Å². The Morgan fingerprint density at radius 3 is 2.69 bits per heavy atom. The number of benzene rings is 2. The standard InChI is InChI=1S/C18H15BrF2N4O/c1-10-8-11(6-7-13(10)19)23-15(26)9-22-17-12-4-2-3-5-14(12)24-18(25-17)16(20)21/h2-8,16H,9H2,1H3,(H,23,26)(H,22,24,25). The zero-order valence-corrected chi connectivity index (χ0v) is 15.3. The predicted octanol–water partition coefficient (Wildman–Crippen LogP) is 4.69. The number of carbonyl (C=O) groups excluding carboxylic acids is 1. The molecule has 0 radical (unpaired) electrons. The lowest BCUT2D eigenvalue weighted by atomic mass is 10.2. The van der Waals surface area contributed by atoms with Crippen molar-refractivity contribution >= 4 is 44.2 Å². The number of halogens is 3. The first-order chi connectivity index (χ1) is 12.4. The van der Waals surface area contributed by atoms with Crippen molar-refractivity contribution in [2.75, 3.05) is 17.2 Å². The molecule has 0 aliphatic rings. The molecule has 2 aromatic carbocycles. The second-order valence-electron chi connectivity index (χ2n) is 5.61. The second kappa shape index (κ2) is 7.74. The largest absolute Gasteiger partial charge is 0.360 e. The molecule has 134 valence electrons. The summed E-state index contributed by atoms with van der Waals surface area (Å²) in [5, 5.41) is 6.15. The lowest BCUT2D eigenvalue weighted by Gasteiger charge is -2.11. The van der Waals surface area contributed by atoms with Gasteiger partial charge in [0.05, 0.1) is 12.1 Å². The molecule has 0 aliphatic heterocycles. The number of alkyl halides is 2. The summed E-state index contributed by atoms with van der Waals surface area (Å²) in [4.78, 5) is 19.8. The summed E-state index contributed by atoms with van der Waals surface area (Å²) in [7, 11) is 0. The summed E-state index contributed by atoms with van der Waals surface area (Å²) in [6, 6.07) is 12.2. The van der Waals surface area contributed by atoms with Gasteiger partial charge in [0.25, 0.3) is 6.43 Å². The Bertz CT molecular complexity index is 965. The SMILES string of the molecule is Cc1cc(NC(=O)CNc2nc(C(F)F)nc3ccccc23)ccc1Br. The third kappa shape index (κ3) is 4.13. The Balaban J connectivity index is 1.76. The minimum absolute atomic E-state index is 0.112. The van der Waals surface area contributed by atoms with E-state index < -0.39 is 12.2 Å². The van der Waals surface area contributed by atoms with Crippen LogP contribution < -0.4 is 10.6 Å². The van der Waals surface area contributed by atoms with Crippen molar-refractivity contribution in [1.29, 1.82) is 0 Å². The predicted molar refractivity (Wildman–Crippen MR) is 100 cm³/mol. The molecule has 0 unspecified atom stereocenters. The van der Waals surface area contributed by atoms with Crippen LogP contribution in [0.5, 0.6) is 0 Å². The van der Waals surface area contributed by atoms with Crippen molar-refractivity contribution in [3.8, 4) is 0 Å². The van der Waals surface area contributed by atoms with E-state index in [9.17, 15) is 13.6 Å². The van der Waals surface area contributed by atoms with Crippen LogP contribution in [0.25, 0.3) is 10.9 Å². The van der Waals surface area contributed by atoms with Gasteiger partial charge in [-0.2, -0.15) is 0 Å². The van der Waals surface area contributed by atoms with Gasteiger partial charge >= 0.3 is 0 Å². The first kappa shape index (κ1) is 18.2. The van der Waals surface area contributed by atoms with Gasteiger partial charge in [-0.05, 0) is 42.8 Å². The molecule has 0 fully saturated rings. The monoisotopic (exact) mass is 420 g/mol. The van der Waals surface area contributed by atoms with Gasteiger partial charge in [0.15, 0.2) is 5.82 Å². The van der Waals surface area contributed by atoms with Gasteiger partial charge in [0, 0.05) is 15.5 Å². The fraction of sp³-hybridized carbons (Fsp3) is 0.167. The van der Waals surface area contributed by atoms with Crippen LogP contribution >= 0.6 is 15.9 Å². The highest BCUT2D eigenvalue weighted by Gasteiger charge is 2.15. The minimum Gasteiger partial charge on any atom is -0.360 e. The Hall–Kier alpha value is -2.61. The molecule has 0 aliphatic carbocycles. The van der Waals surface area contributed by atoms with E-state index in [0.29, 0.717) is 16.6 Å². The first-order valence-electron chi connectivity index (χ1n) is 7.79. The van der Waals surface area contributed by atoms with E-state index in [2.05, 4.69) is 36.5 Å². The van der Waals surface area contributed by atoms with Crippen LogP contribution in [0.2, 0.25) is 0 Å². The van der Waals surface area contributed by atoms with Crippen molar-refractivity contribution in [2.24, 2.45) is 0 Å². The highest BCUT2D eigenvalue weighted by molar-refractivity contribution is 9.10. The highest BCUT2D eigenvalue weighted by atomic mass is 79.9. The number of nitrogens with one attached hydrogen (secondary N) is 2. The van der Waals surface area contributed by atoms with E-state index >= 15 is 0 Å². The number of carbonyl (C=O) groups is 1. The summed E-state index contributed by atoms with van der Waals surface area (Å²) in [5.74, 6) is -0.684. The number of nitrogens with zero attached hydrogens (tertiary/aromatic N) is 2. The highest BCUT2D eigenvalue weighted by Crippen LogP contribution is 2.24. The maximum absolute atomic E-state index is 13.0. The number of rotatable bonds is 5. The van der Waals surface area contributed by atoms with Gasteiger partial charge in [-0.1, -0.05) is 28.1 Å². The Kier molecular flexibility index (Phi) is 5.41. The summed E-state index contributed by atoms with van der Waals surface area (Å²) >= 11 is 3.40. The van der Waals surface area contributed by atoms with Crippen LogP contribution in [0, 0.1) is 6.92 Å². The van der Waals surface area contributed by atoms with Crippen molar-refractivity contribution in [3.05, 3.63) is 58.3 Å². The minimum atomic E-state index is -2.79. The molecule has 0 saturated carbocycles. The van der Waals surface area contributed by atoms with Crippen LogP contribution in [0.1, 0.15) is 17.8 Å². The van der Waals surface area contributed by atoms with E-state index in [-0.39, 0.29) is 18.3 Å². The average molecular weight is 421 g/mol. The van der Waals surface area contributed by atoms with E-state index in [4.69, 9.17) is 0 Å². The maximum Gasteiger partial charge on any atom is 0.297 e. The molecule has 2 N–H and O–H groups in total. The fourth-order valence-electron chi connectivity index (χ4n) is 2.42. The van der Waals surface area contributed by atoms with Gasteiger partial charge < -0.3 is 10.6 Å². The summed E-state index contributed by atoms with van der Waals surface area (Å²) in [6.07, 6.45) is -2.79. The summed E-state index contributed by atoms with van der Waals surface area (Å²) in [5.41, 5.74) is 2.03. The number of para-hydroxylation sites is 1. The lowest BCUT2D eigenvalue weighted by molar-refractivity contribution is -0.114. The van der Waals surface area contributed by atoms with Crippen LogP contribution in [0.3, 0.4) is 0 Å². The Morgan fingerprint density at radius 1 is 1.19 bits per heavy atom. The van der Waals surface area contributed by atoms with Crippen LogP contribution in [-0.2, 0) is 4.79 Å². The van der Waals surface area contributed by atoms with Gasteiger partial charge in [-0.3, -0.25) is 4.79 Å². The average Bonchev–Trinajstić information content (AvgIpc) is 2.62. The molecule has 1 aromatic heterocycles.